The topological polar surface area (TPSA) is 38.0 Å². The van der Waals surface area contributed by atoms with Crippen molar-refractivity contribution in [2.75, 3.05) is 0 Å². The number of phenols is 1. The summed E-state index contributed by atoms with van der Waals surface area (Å²) in [5.41, 5.74) is 4.61. The number of hydrogen-bond acceptors (Lipinski definition) is 2. The number of benzene rings is 5. The highest BCUT2D eigenvalue weighted by Gasteiger charge is 2.20. The number of hydrogen-bond donors (Lipinski definition) is 1. The quantitative estimate of drug-likeness (QED) is 0.237. The molecule has 1 aromatic heterocycles. The Morgan fingerprint density at radius 3 is 2.25 bits per heavy atom. The third-order valence-electron chi connectivity index (χ3n) is 5.84. The molecule has 0 unspecified atom stereocenters. The first-order chi connectivity index (χ1) is 15.6. The van der Waals surface area contributed by atoms with Crippen molar-refractivity contribution in [2.24, 2.45) is 0 Å². The van der Waals surface area contributed by atoms with Crippen LogP contribution in [0, 0.1) is 0 Å². The van der Waals surface area contributed by atoms with E-state index in [1.54, 1.807) is 12.1 Å². The molecule has 6 rings (SSSR count). The molecule has 0 spiro atoms. The van der Waals surface area contributed by atoms with Crippen LogP contribution in [-0.2, 0) is 0 Å². The molecule has 32 heavy (non-hydrogen) atoms. The summed E-state index contributed by atoms with van der Waals surface area (Å²) in [6, 6.07) is 29.7. The summed E-state index contributed by atoms with van der Waals surface area (Å²) < 4.78 is 3.18. The lowest BCUT2D eigenvalue weighted by molar-refractivity contribution is 0.475. The van der Waals surface area contributed by atoms with E-state index in [0.717, 1.165) is 59.6 Å². The lowest BCUT2D eigenvalue weighted by Crippen LogP contribution is -2.02. The van der Waals surface area contributed by atoms with Crippen LogP contribution in [0.25, 0.3) is 49.7 Å². The molecule has 0 atom stereocenters. The second-order valence-corrected chi connectivity index (χ2v) is 8.76. The zero-order chi connectivity index (χ0) is 21.8. The first-order valence-corrected chi connectivity index (χ1v) is 11.1. The number of aromatic hydroxyl groups is 1. The molecule has 1 heterocycles. The number of aromatic nitrogens is 2. The molecule has 0 bridgehead atoms. The van der Waals surface area contributed by atoms with E-state index in [-0.39, 0.29) is 5.75 Å². The molecule has 2 radical (unpaired) electrons. The van der Waals surface area contributed by atoms with Crippen LogP contribution in [0.5, 0.6) is 5.75 Å². The van der Waals surface area contributed by atoms with Crippen LogP contribution in [0.15, 0.2) is 95.5 Å². The zero-order valence-corrected chi connectivity index (χ0v) is 18.5. The zero-order valence-electron chi connectivity index (χ0n) is 17.0. The van der Waals surface area contributed by atoms with E-state index in [4.69, 9.17) is 12.8 Å². The Morgan fingerprint density at radius 2 is 1.47 bits per heavy atom. The van der Waals surface area contributed by atoms with Crippen LogP contribution < -0.4 is 5.46 Å². The van der Waals surface area contributed by atoms with Crippen LogP contribution in [0.2, 0.25) is 0 Å². The molecule has 0 aliphatic carbocycles. The van der Waals surface area contributed by atoms with Gasteiger partial charge in [0.2, 0.25) is 0 Å². The molecule has 150 valence electrons. The summed E-state index contributed by atoms with van der Waals surface area (Å²) in [4.78, 5) is 5.17. The normalized spacial score (nSPS) is 11.5. The first-order valence-electron chi connectivity index (χ1n) is 10.3. The fourth-order valence-corrected chi connectivity index (χ4v) is 4.79. The fourth-order valence-electron chi connectivity index (χ4n) is 4.43. The van der Waals surface area contributed by atoms with Gasteiger partial charge in [-0.05, 0) is 47.2 Å². The summed E-state index contributed by atoms with van der Waals surface area (Å²) in [6.45, 7) is 0. The largest absolute Gasteiger partial charge is 0.508 e. The summed E-state index contributed by atoms with van der Waals surface area (Å²) >= 11 is 3.62. The van der Waals surface area contributed by atoms with Crippen molar-refractivity contribution in [1.82, 2.24) is 9.55 Å². The van der Waals surface area contributed by atoms with Crippen LogP contribution in [0.4, 0.5) is 0 Å². The van der Waals surface area contributed by atoms with Gasteiger partial charge in [-0.2, -0.15) is 0 Å². The molecular formula is C27H16BBrN2O. The van der Waals surface area contributed by atoms with Gasteiger partial charge in [-0.25, -0.2) is 4.98 Å². The Labute approximate surface area is 194 Å². The molecule has 0 saturated heterocycles. The van der Waals surface area contributed by atoms with E-state index >= 15 is 0 Å². The lowest BCUT2D eigenvalue weighted by Gasteiger charge is -2.13. The van der Waals surface area contributed by atoms with Gasteiger partial charge in [0, 0.05) is 26.5 Å². The Kier molecular flexibility index (Phi) is 4.34. The van der Waals surface area contributed by atoms with E-state index in [1.165, 1.54) is 0 Å². The molecule has 5 aromatic carbocycles. The highest BCUT2D eigenvalue weighted by Crippen LogP contribution is 2.39. The molecule has 0 amide bonds. The second kappa shape index (κ2) is 7.25. The number of fused-ring (bicyclic) bond motifs is 6. The van der Waals surface area contributed by atoms with E-state index in [1.807, 2.05) is 48.5 Å². The third-order valence-corrected chi connectivity index (χ3v) is 6.34. The molecule has 0 aliphatic rings. The fraction of sp³-hybridized carbons (Fsp3) is 0. The summed E-state index contributed by atoms with van der Waals surface area (Å²) in [5, 5.41) is 14.2. The van der Waals surface area contributed by atoms with Crippen molar-refractivity contribution in [2.45, 2.75) is 0 Å². The molecular weight excluding hydrogens is 459 g/mol. The van der Waals surface area contributed by atoms with Crippen molar-refractivity contribution < 1.29 is 5.11 Å². The Morgan fingerprint density at radius 1 is 0.750 bits per heavy atom. The van der Waals surface area contributed by atoms with Crippen molar-refractivity contribution in [3.05, 3.63) is 95.5 Å². The van der Waals surface area contributed by atoms with Crippen molar-refractivity contribution in [3.63, 3.8) is 0 Å². The Balaban J connectivity index is 1.87. The van der Waals surface area contributed by atoms with Gasteiger partial charge >= 0.3 is 0 Å². The molecule has 6 aromatic rings. The SMILES string of the molecule is [B]c1ccc2c(c1)c1cc(Br)ccc1c1nc(-c3ccccc3)n(-c3ccc(O)cc3)c21. The maximum Gasteiger partial charge on any atom is 0.145 e. The molecule has 0 aliphatic heterocycles. The van der Waals surface area contributed by atoms with Crippen LogP contribution in [-0.4, -0.2) is 22.5 Å². The molecule has 3 nitrogen and oxygen atoms in total. The monoisotopic (exact) mass is 474 g/mol. The minimum atomic E-state index is 0.229. The van der Waals surface area contributed by atoms with Crippen LogP contribution >= 0.6 is 15.9 Å². The number of phenolic OH excluding ortho intramolecular Hbond substituents is 1. The second-order valence-electron chi connectivity index (χ2n) is 7.85. The number of rotatable bonds is 2. The average molecular weight is 475 g/mol. The Bertz CT molecular complexity index is 1640. The number of nitrogens with zero attached hydrogens (tertiary/aromatic N) is 2. The predicted octanol–water partition coefficient (Wildman–Crippen LogP) is 6.26. The number of halogens is 1. The van der Waals surface area contributed by atoms with Crippen molar-refractivity contribution >= 4 is 61.8 Å². The summed E-state index contributed by atoms with van der Waals surface area (Å²) in [6.07, 6.45) is 0. The standard InChI is InChI=1S/C27H16BBrN2O/c28-17-6-12-22-23(14-17)24-15-18(29)7-13-21(24)25-26(22)31(19-8-10-20(32)11-9-19)27(30-25)16-4-2-1-3-5-16/h1-15,32H. The first kappa shape index (κ1) is 19.1. The van der Waals surface area contributed by atoms with Crippen molar-refractivity contribution in [1.29, 1.82) is 0 Å². The van der Waals surface area contributed by atoms with E-state index in [0.29, 0.717) is 0 Å². The molecule has 0 fully saturated rings. The summed E-state index contributed by atoms with van der Waals surface area (Å²) in [7, 11) is 6.20. The van der Waals surface area contributed by atoms with E-state index < -0.39 is 0 Å². The maximum absolute atomic E-state index is 9.88. The Hall–Kier alpha value is -3.57. The van der Waals surface area contributed by atoms with Gasteiger partial charge in [0.15, 0.2) is 0 Å². The maximum atomic E-state index is 9.88. The van der Waals surface area contributed by atoms with Crippen molar-refractivity contribution in [3.8, 4) is 22.8 Å². The highest BCUT2D eigenvalue weighted by atomic mass is 79.9. The molecule has 5 heteroatoms. The van der Waals surface area contributed by atoms with E-state index in [2.05, 4.69) is 50.8 Å². The van der Waals surface area contributed by atoms with Gasteiger partial charge in [0.05, 0.1) is 11.0 Å². The van der Waals surface area contributed by atoms with Gasteiger partial charge in [-0.3, -0.25) is 4.57 Å². The minimum Gasteiger partial charge on any atom is -0.508 e. The van der Waals surface area contributed by atoms with Gasteiger partial charge in [0.25, 0.3) is 0 Å². The van der Waals surface area contributed by atoms with Crippen LogP contribution in [0.3, 0.4) is 0 Å². The lowest BCUT2D eigenvalue weighted by atomic mass is 9.91. The summed E-state index contributed by atoms with van der Waals surface area (Å²) in [5.74, 6) is 1.08. The van der Waals surface area contributed by atoms with Gasteiger partial charge in [-0.15, -0.1) is 0 Å². The van der Waals surface area contributed by atoms with E-state index in [9.17, 15) is 5.11 Å². The van der Waals surface area contributed by atoms with Gasteiger partial charge in [0.1, 0.15) is 19.4 Å². The van der Waals surface area contributed by atoms with Crippen LogP contribution in [0.1, 0.15) is 0 Å². The minimum absolute atomic E-state index is 0.229. The third kappa shape index (κ3) is 2.93. The van der Waals surface area contributed by atoms with Gasteiger partial charge in [-0.1, -0.05) is 76.0 Å². The average Bonchev–Trinajstić information content (AvgIpc) is 3.21. The number of imidazole rings is 1. The molecule has 1 N–H and O–H groups in total. The highest BCUT2D eigenvalue weighted by molar-refractivity contribution is 9.10. The molecule has 0 saturated carbocycles. The van der Waals surface area contributed by atoms with Gasteiger partial charge < -0.3 is 5.11 Å². The predicted molar refractivity (Wildman–Crippen MR) is 136 cm³/mol. The smallest absolute Gasteiger partial charge is 0.145 e.